The first kappa shape index (κ1) is 15.6. The van der Waals surface area contributed by atoms with Crippen LogP contribution >= 0.6 is 11.8 Å². The van der Waals surface area contributed by atoms with Crippen molar-refractivity contribution in [1.82, 2.24) is 0 Å². The monoisotopic (exact) mass is 278 g/mol. The molecule has 0 aliphatic heterocycles. The largest absolute Gasteiger partial charge is 0.369 e. The fourth-order valence-corrected chi connectivity index (χ4v) is 2.54. The molecule has 1 aromatic carbocycles. The molecule has 0 unspecified atom stereocenters. The van der Waals surface area contributed by atoms with Crippen molar-refractivity contribution in [1.29, 1.82) is 0 Å². The Morgan fingerprint density at radius 1 is 1.26 bits per heavy atom. The van der Waals surface area contributed by atoms with E-state index in [9.17, 15) is 0 Å². The van der Waals surface area contributed by atoms with Gasteiger partial charge in [0.15, 0.2) is 0 Å². The van der Waals surface area contributed by atoms with Gasteiger partial charge in [0.1, 0.15) is 0 Å². The second kappa shape index (κ2) is 9.44. The minimum atomic E-state index is -0.0299. The number of hydrogen-bond acceptors (Lipinski definition) is 3. The van der Waals surface area contributed by atoms with E-state index in [1.54, 1.807) is 6.21 Å². The number of guanidine groups is 1. The van der Waals surface area contributed by atoms with E-state index < -0.39 is 0 Å². The molecule has 0 bridgehead atoms. The normalized spacial score (nSPS) is 10.8. The van der Waals surface area contributed by atoms with Crippen molar-refractivity contribution >= 4 is 23.9 Å². The van der Waals surface area contributed by atoms with Crippen LogP contribution in [0.4, 0.5) is 0 Å². The SMILES string of the molecule is CCCCCCSc1cccc(C=NN=C(N)N)c1. The lowest BCUT2D eigenvalue weighted by Crippen LogP contribution is -2.21. The first-order chi connectivity index (χ1) is 9.22. The lowest BCUT2D eigenvalue weighted by Gasteiger charge is -2.02. The fourth-order valence-electron chi connectivity index (χ4n) is 1.57. The minimum absolute atomic E-state index is 0.0299. The van der Waals surface area contributed by atoms with Gasteiger partial charge in [-0.3, -0.25) is 0 Å². The number of thioether (sulfide) groups is 1. The van der Waals surface area contributed by atoms with Gasteiger partial charge in [0.2, 0.25) is 5.96 Å². The molecule has 0 radical (unpaired) electrons. The molecule has 104 valence electrons. The summed E-state index contributed by atoms with van der Waals surface area (Å²) >= 11 is 1.88. The first-order valence-electron chi connectivity index (χ1n) is 6.57. The molecule has 5 heteroatoms. The van der Waals surface area contributed by atoms with Gasteiger partial charge in [-0.1, -0.05) is 38.3 Å². The summed E-state index contributed by atoms with van der Waals surface area (Å²) in [6.45, 7) is 2.23. The van der Waals surface area contributed by atoms with Crippen LogP contribution in [-0.2, 0) is 0 Å². The highest BCUT2D eigenvalue weighted by molar-refractivity contribution is 7.99. The minimum Gasteiger partial charge on any atom is -0.369 e. The van der Waals surface area contributed by atoms with Crippen LogP contribution < -0.4 is 11.5 Å². The van der Waals surface area contributed by atoms with E-state index in [1.165, 1.54) is 30.6 Å². The lowest BCUT2D eigenvalue weighted by atomic mass is 10.2. The van der Waals surface area contributed by atoms with Crippen molar-refractivity contribution in [2.45, 2.75) is 37.5 Å². The third-order valence-corrected chi connectivity index (χ3v) is 3.58. The zero-order valence-corrected chi connectivity index (χ0v) is 12.2. The van der Waals surface area contributed by atoms with Gasteiger partial charge in [-0.05, 0) is 29.9 Å². The van der Waals surface area contributed by atoms with Gasteiger partial charge in [-0.25, -0.2) is 0 Å². The van der Waals surface area contributed by atoms with Crippen LogP contribution in [-0.4, -0.2) is 17.9 Å². The molecule has 0 aliphatic rings. The Morgan fingerprint density at radius 3 is 2.84 bits per heavy atom. The summed E-state index contributed by atoms with van der Waals surface area (Å²) in [4.78, 5) is 1.25. The van der Waals surface area contributed by atoms with Gasteiger partial charge in [0.25, 0.3) is 0 Å². The van der Waals surface area contributed by atoms with Crippen molar-refractivity contribution in [3.8, 4) is 0 Å². The van der Waals surface area contributed by atoms with Gasteiger partial charge in [-0.2, -0.15) is 5.10 Å². The third-order valence-electron chi connectivity index (χ3n) is 2.50. The Morgan fingerprint density at radius 2 is 2.11 bits per heavy atom. The molecule has 0 fully saturated rings. The fraction of sp³-hybridized carbons (Fsp3) is 0.429. The van der Waals surface area contributed by atoms with Crippen LogP contribution in [0.15, 0.2) is 39.4 Å². The highest BCUT2D eigenvalue weighted by Gasteiger charge is 1.96. The summed E-state index contributed by atoms with van der Waals surface area (Å²) in [6, 6.07) is 8.21. The second-order valence-electron chi connectivity index (χ2n) is 4.25. The molecular formula is C14H22N4S. The zero-order chi connectivity index (χ0) is 13.9. The molecular weight excluding hydrogens is 256 g/mol. The van der Waals surface area contributed by atoms with Crippen molar-refractivity contribution in [2.75, 3.05) is 5.75 Å². The maximum absolute atomic E-state index is 5.20. The molecule has 4 nitrogen and oxygen atoms in total. The Kier molecular flexibility index (Phi) is 7.74. The molecule has 0 atom stereocenters. The number of nitrogens with two attached hydrogens (primary N) is 2. The molecule has 0 amide bonds. The molecule has 0 spiro atoms. The summed E-state index contributed by atoms with van der Waals surface area (Å²) < 4.78 is 0. The van der Waals surface area contributed by atoms with Gasteiger partial charge in [-0.15, -0.1) is 16.9 Å². The van der Waals surface area contributed by atoms with E-state index in [2.05, 4.69) is 29.3 Å². The van der Waals surface area contributed by atoms with Crippen LogP contribution in [0, 0.1) is 0 Å². The van der Waals surface area contributed by atoms with Crippen LogP contribution in [0.5, 0.6) is 0 Å². The summed E-state index contributed by atoms with van der Waals surface area (Å²) in [7, 11) is 0. The van der Waals surface area contributed by atoms with Gasteiger partial charge >= 0.3 is 0 Å². The van der Waals surface area contributed by atoms with Crippen molar-refractivity contribution < 1.29 is 0 Å². The highest BCUT2D eigenvalue weighted by atomic mass is 32.2. The average molecular weight is 278 g/mol. The average Bonchev–Trinajstić information content (AvgIpc) is 2.39. The molecule has 0 heterocycles. The van der Waals surface area contributed by atoms with E-state index in [0.717, 1.165) is 11.3 Å². The molecule has 4 N–H and O–H groups in total. The van der Waals surface area contributed by atoms with E-state index in [-0.39, 0.29) is 5.96 Å². The van der Waals surface area contributed by atoms with Gasteiger partial charge in [0, 0.05) is 4.90 Å². The summed E-state index contributed by atoms with van der Waals surface area (Å²) in [6.07, 6.45) is 6.84. The van der Waals surface area contributed by atoms with Crippen LogP contribution in [0.25, 0.3) is 0 Å². The zero-order valence-electron chi connectivity index (χ0n) is 11.4. The van der Waals surface area contributed by atoms with Crippen LogP contribution in [0.2, 0.25) is 0 Å². The molecule has 0 saturated heterocycles. The standard InChI is InChI=1S/C14H22N4S/c1-2-3-4-5-9-19-13-8-6-7-12(10-13)11-17-18-14(15)16/h6-8,10-11H,2-5,9H2,1H3,(H4,15,16,18). The predicted octanol–water partition coefficient (Wildman–Crippen LogP) is 2.97. The van der Waals surface area contributed by atoms with Gasteiger partial charge < -0.3 is 11.5 Å². The lowest BCUT2D eigenvalue weighted by molar-refractivity contribution is 0.706. The number of nitrogens with zero attached hydrogens (tertiary/aromatic N) is 2. The van der Waals surface area contributed by atoms with E-state index >= 15 is 0 Å². The van der Waals surface area contributed by atoms with E-state index in [4.69, 9.17) is 11.5 Å². The van der Waals surface area contributed by atoms with E-state index in [0.29, 0.717) is 0 Å². The van der Waals surface area contributed by atoms with Gasteiger partial charge in [0.05, 0.1) is 6.21 Å². The highest BCUT2D eigenvalue weighted by Crippen LogP contribution is 2.20. The maximum Gasteiger partial charge on any atom is 0.211 e. The van der Waals surface area contributed by atoms with Crippen molar-refractivity contribution in [3.63, 3.8) is 0 Å². The number of benzene rings is 1. The number of hydrogen-bond donors (Lipinski definition) is 2. The van der Waals surface area contributed by atoms with E-state index in [1.807, 2.05) is 23.9 Å². The summed E-state index contributed by atoms with van der Waals surface area (Å²) in [5, 5.41) is 7.39. The Hall–Kier alpha value is -1.49. The predicted molar refractivity (Wildman–Crippen MR) is 84.7 cm³/mol. The maximum atomic E-state index is 5.20. The molecule has 19 heavy (non-hydrogen) atoms. The smallest absolute Gasteiger partial charge is 0.211 e. The Bertz CT molecular complexity index is 425. The molecule has 1 aromatic rings. The third kappa shape index (κ3) is 7.51. The molecule has 0 saturated carbocycles. The number of rotatable bonds is 8. The first-order valence-corrected chi connectivity index (χ1v) is 7.55. The van der Waals surface area contributed by atoms with Crippen LogP contribution in [0.1, 0.15) is 38.2 Å². The Balaban J connectivity index is 2.43. The second-order valence-corrected chi connectivity index (χ2v) is 5.42. The summed E-state index contributed by atoms with van der Waals surface area (Å²) in [5.41, 5.74) is 11.4. The Labute approximate surface area is 119 Å². The van der Waals surface area contributed by atoms with Crippen LogP contribution in [0.3, 0.4) is 0 Å². The molecule has 0 aliphatic carbocycles. The van der Waals surface area contributed by atoms with Crippen molar-refractivity contribution in [2.24, 2.45) is 21.7 Å². The summed E-state index contributed by atoms with van der Waals surface area (Å²) in [5.74, 6) is 1.13. The number of unbranched alkanes of at least 4 members (excludes halogenated alkanes) is 3. The molecule has 0 aromatic heterocycles. The topological polar surface area (TPSA) is 76.8 Å². The van der Waals surface area contributed by atoms with Crippen molar-refractivity contribution in [3.05, 3.63) is 29.8 Å². The quantitative estimate of drug-likeness (QED) is 0.252. The molecule has 1 rings (SSSR count).